The third-order valence-electron chi connectivity index (χ3n) is 12.0. The van der Waals surface area contributed by atoms with Crippen molar-refractivity contribution in [3.8, 4) is 22.9 Å². The number of aromatic nitrogens is 2. The first-order chi connectivity index (χ1) is 30.2. The first kappa shape index (κ1) is 46.8. The maximum Gasteiger partial charge on any atom is 0.408 e. The first-order valence-electron chi connectivity index (χ1n) is 21.3. The number of likely N-dealkylation sites (tertiary alicyclic amines) is 1. The molecule has 0 bridgehead atoms. The lowest BCUT2D eigenvalue weighted by Crippen LogP contribution is -2.58. The van der Waals surface area contributed by atoms with Crippen LogP contribution in [-0.2, 0) is 25.1 Å². The minimum atomic E-state index is -4.80. The van der Waals surface area contributed by atoms with E-state index in [1.165, 1.54) is 29.4 Å². The maximum atomic E-state index is 14.9. The lowest BCUT2D eigenvalue weighted by molar-refractivity contribution is -0.142. The van der Waals surface area contributed by atoms with E-state index >= 15 is 0 Å². The SMILES string of the molecule is C=C[C@@H]1C[C@]1(NC(=O)[C@@H]1C[C@@H](Oc2cc(-c3csc(NC(C)C)n3)nc3cc(OC)ccc23)CN1C(=O)C(NC(=O)OC1CCCC1)C(C)(C)C)P(=O)(O)Cc1c(F)ccc(F)c1F. The zero-order valence-electron chi connectivity index (χ0n) is 36.6. The van der Waals surface area contributed by atoms with Crippen molar-refractivity contribution in [2.75, 3.05) is 19.0 Å². The average Bonchev–Trinajstić information content (AvgIpc) is 3.63. The van der Waals surface area contributed by atoms with Gasteiger partial charge < -0.3 is 40.0 Å². The summed E-state index contributed by atoms with van der Waals surface area (Å²) in [6.45, 7) is 12.8. The van der Waals surface area contributed by atoms with Gasteiger partial charge >= 0.3 is 6.09 Å². The minimum Gasteiger partial charge on any atom is -0.497 e. The highest BCUT2D eigenvalue weighted by atomic mass is 32.1. The normalized spacial score (nSPS) is 22.5. The molecule has 4 N–H and O–H groups in total. The maximum absolute atomic E-state index is 14.9. The van der Waals surface area contributed by atoms with Crippen LogP contribution in [0.3, 0.4) is 0 Å². The van der Waals surface area contributed by atoms with E-state index in [4.69, 9.17) is 24.2 Å². The summed E-state index contributed by atoms with van der Waals surface area (Å²) < 4.78 is 76.0. The number of thiazole rings is 1. The quantitative estimate of drug-likeness (QED) is 0.0510. The van der Waals surface area contributed by atoms with Crippen molar-refractivity contribution < 1.29 is 51.2 Å². The van der Waals surface area contributed by atoms with Gasteiger partial charge in [0, 0.05) is 46.8 Å². The molecule has 2 aliphatic carbocycles. The van der Waals surface area contributed by atoms with Crippen LogP contribution in [0.25, 0.3) is 22.3 Å². The van der Waals surface area contributed by atoms with E-state index in [-0.39, 0.29) is 31.5 Å². The third-order valence-corrected chi connectivity index (χ3v) is 15.4. The molecule has 1 aliphatic heterocycles. The molecule has 1 saturated heterocycles. The van der Waals surface area contributed by atoms with Crippen molar-refractivity contribution >= 4 is 52.6 Å². The number of halogens is 3. The molecule has 2 saturated carbocycles. The van der Waals surface area contributed by atoms with Crippen LogP contribution in [-0.4, -0.2) is 86.9 Å². The minimum absolute atomic E-state index is 0.116. The predicted octanol–water partition coefficient (Wildman–Crippen LogP) is 8.53. The molecular formula is C45H54F3N6O8PS. The molecule has 3 aliphatic rings. The van der Waals surface area contributed by atoms with Crippen LogP contribution >= 0.6 is 18.7 Å². The fraction of sp³-hybridized carbons (Fsp3) is 0.489. The number of methoxy groups -OCH3 is 1. The van der Waals surface area contributed by atoms with E-state index in [0.29, 0.717) is 63.9 Å². The number of fused-ring (bicyclic) bond motifs is 1. The second-order valence-electron chi connectivity index (χ2n) is 18.1. The molecule has 2 aromatic carbocycles. The summed E-state index contributed by atoms with van der Waals surface area (Å²) in [6.07, 6.45) is 1.28. The van der Waals surface area contributed by atoms with Crippen molar-refractivity contribution in [1.82, 2.24) is 25.5 Å². The molecular weight excluding hydrogens is 873 g/mol. The second-order valence-corrected chi connectivity index (χ2v) is 21.5. The summed E-state index contributed by atoms with van der Waals surface area (Å²) >= 11 is 1.41. The Kier molecular flexibility index (Phi) is 13.4. The molecule has 3 amide bonds. The lowest BCUT2D eigenvalue weighted by Gasteiger charge is -2.36. The number of hydrogen-bond donors (Lipinski definition) is 4. The summed E-state index contributed by atoms with van der Waals surface area (Å²) in [5.74, 6) is -5.63. The van der Waals surface area contributed by atoms with Gasteiger partial charge in [-0.25, -0.2) is 27.9 Å². The van der Waals surface area contributed by atoms with Gasteiger partial charge in [0.15, 0.2) is 16.8 Å². The second kappa shape index (κ2) is 18.4. The van der Waals surface area contributed by atoms with E-state index in [1.807, 2.05) is 19.2 Å². The molecule has 19 heteroatoms. The number of nitrogens with zero attached hydrogens (tertiary/aromatic N) is 3. The number of carbonyl (C=O) groups is 3. The molecule has 64 heavy (non-hydrogen) atoms. The van der Waals surface area contributed by atoms with Gasteiger partial charge in [-0.2, -0.15) is 0 Å². The molecule has 7 rings (SSSR count). The van der Waals surface area contributed by atoms with Crippen LogP contribution in [0.2, 0.25) is 0 Å². The Labute approximate surface area is 373 Å². The van der Waals surface area contributed by atoms with Gasteiger partial charge in [0.2, 0.25) is 19.2 Å². The summed E-state index contributed by atoms with van der Waals surface area (Å²) in [6, 6.07) is 5.82. The van der Waals surface area contributed by atoms with Gasteiger partial charge in [0.05, 0.1) is 31.0 Å². The van der Waals surface area contributed by atoms with Gasteiger partial charge in [-0.05, 0) is 75.6 Å². The molecule has 6 atom stereocenters. The Morgan fingerprint density at radius 2 is 1.78 bits per heavy atom. The first-order valence-corrected chi connectivity index (χ1v) is 24.0. The molecule has 0 radical (unpaired) electrons. The largest absolute Gasteiger partial charge is 0.497 e. The predicted molar refractivity (Wildman–Crippen MR) is 237 cm³/mol. The zero-order valence-corrected chi connectivity index (χ0v) is 38.3. The van der Waals surface area contributed by atoms with E-state index < -0.39 is 89.3 Å². The Bertz CT molecular complexity index is 2500. The van der Waals surface area contributed by atoms with Crippen molar-refractivity contribution in [2.45, 2.75) is 115 Å². The molecule has 4 aromatic rings. The number of alkyl carbamates (subject to hydrolysis) is 1. The van der Waals surface area contributed by atoms with Gasteiger partial charge in [0.25, 0.3) is 0 Å². The van der Waals surface area contributed by atoms with Crippen LogP contribution in [0.5, 0.6) is 11.5 Å². The highest BCUT2D eigenvalue weighted by Gasteiger charge is 2.66. The number of carbonyl (C=O) groups excluding carboxylic acids is 3. The number of ether oxygens (including phenoxy) is 3. The van der Waals surface area contributed by atoms with Crippen molar-refractivity contribution in [1.29, 1.82) is 0 Å². The van der Waals surface area contributed by atoms with Crippen LogP contribution in [0.1, 0.15) is 78.7 Å². The summed E-state index contributed by atoms with van der Waals surface area (Å²) in [4.78, 5) is 65.3. The molecule has 2 aromatic heterocycles. The van der Waals surface area contributed by atoms with E-state index in [9.17, 15) is 37.0 Å². The fourth-order valence-corrected chi connectivity index (χ4v) is 11.7. The van der Waals surface area contributed by atoms with Gasteiger partial charge in [-0.1, -0.05) is 26.8 Å². The van der Waals surface area contributed by atoms with Crippen LogP contribution in [0, 0.1) is 28.8 Å². The van der Waals surface area contributed by atoms with Crippen molar-refractivity contribution in [2.24, 2.45) is 11.3 Å². The summed E-state index contributed by atoms with van der Waals surface area (Å²) in [5, 5.41) is 9.93. The van der Waals surface area contributed by atoms with Crippen LogP contribution < -0.4 is 25.4 Å². The van der Waals surface area contributed by atoms with E-state index in [0.717, 1.165) is 12.8 Å². The monoisotopic (exact) mass is 926 g/mol. The van der Waals surface area contributed by atoms with Crippen molar-refractivity contribution in [3.63, 3.8) is 0 Å². The zero-order chi connectivity index (χ0) is 46.3. The summed E-state index contributed by atoms with van der Waals surface area (Å²) in [5.41, 5.74) is -0.256. The number of anilines is 1. The number of rotatable bonds is 15. The molecule has 344 valence electrons. The number of amides is 3. The topological polar surface area (TPSA) is 181 Å². The van der Waals surface area contributed by atoms with E-state index in [1.54, 1.807) is 45.0 Å². The molecule has 14 nitrogen and oxygen atoms in total. The molecule has 0 spiro atoms. The Morgan fingerprint density at radius 1 is 1.06 bits per heavy atom. The van der Waals surface area contributed by atoms with Crippen LogP contribution in [0.4, 0.5) is 23.1 Å². The van der Waals surface area contributed by atoms with Gasteiger partial charge in [-0.15, -0.1) is 17.9 Å². The van der Waals surface area contributed by atoms with Gasteiger partial charge in [-0.3, -0.25) is 14.2 Å². The summed E-state index contributed by atoms with van der Waals surface area (Å²) in [7, 11) is -3.27. The standard InChI is InChI=1S/C45H54F3N6O8PS/c1-8-25-20-45(25,63(58,59)22-30-31(46)15-16-32(47)38(30)48)53-40(55)36-18-28(21-54(36)41(56)39(44(4,5)6)52-43(57)62-26-11-9-10-12-26)61-37-19-34(35-23-64-42(51-35)49-24(2)3)50-33-17-27(60-7)13-14-29(33)37/h8,13-17,19,23-26,28,36,39H,1,9-12,18,20-22H2,2-7H3,(H,49,51)(H,52,57)(H,53,55)(H,58,59)/t25-,28-,36+,39?,45+/m1/s1. The number of hydrogen-bond acceptors (Lipinski definition) is 11. The Morgan fingerprint density at radius 3 is 2.44 bits per heavy atom. The average molecular weight is 927 g/mol. The number of benzene rings is 2. The Balaban J connectivity index is 1.23. The number of nitrogens with one attached hydrogen (secondary N) is 3. The van der Waals surface area contributed by atoms with Crippen LogP contribution in [0.15, 0.2) is 54.4 Å². The number of pyridine rings is 1. The Hall–Kier alpha value is -5.19. The fourth-order valence-electron chi connectivity index (χ4n) is 8.47. The highest BCUT2D eigenvalue weighted by molar-refractivity contribution is 7.59. The van der Waals surface area contributed by atoms with Crippen molar-refractivity contribution in [3.05, 3.63) is 77.4 Å². The molecule has 3 heterocycles. The molecule has 2 unspecified atom stereocenters. The third kappa shape index (κ3) is 9.74. The lowest BCUT2D eigenvalue weighted by atomic mass is 9.85. The smallest absolute Gasteiger partial charge is 0.408 e. The van der Waals surface area contributed by atoms with E-state index in [2.05, 4.69) is 22.5 Å². The van der Waals surface area contributed by atoms with Gasteiger partial charge in [0.1, 0.15) is 52.6 Å². The highest BCUT2D eigenvalue weighted by Crippen LogP contribution is 2.71. The molecule has 3 fully saturated rings.